The van der Waals surface area contributed by atoms with Gasteiger partial charge in [-0.15, -0.1) is 0 Å². The molecule has 0 atom stereocenters. The molecular formula is C20H24N2O6. The van der Waals surface area contributed by atoms with Gasteiger partial charge in [0.2, 0.25) is 0 Å². The number of aromatic nitrogens is 2. The first-order chi connectivity index (χ1) is 13.1. The van der Waals surface area contributed by atoms with Crippen LogP contribution in [0.4, 0.5) is 0 Å². The Bertz CT molecular complexity index is 886. The first-order valence-electron chi connectivity index (χ1n) is 8.97. The van der Waals surface area contributed by atoms with E-state index in [4.69, 9.17) is 9.47 Å². The number of hydrogen-bond donors (Lipinski definition) is 2. The maximum absolute atomic E-state index is 12.8. The second-order valence-corrected chi connectivity index (χ2v) is 6.35. The molecule has 8 heteroatoms. The molecule has 0 amide bonds. The third kappa shape index (κ3) is 3.62. The molecule has 0 radical (unpaired) electrons. The number of esters is 2. The number of carbonyl (C=O) groups excluding carboxylic acids is 4. The molecule has 0 saturated heterocycles. The predicted molar refractivity (Wildman–Crippen MR) is 101 cm³/mol. The first kappa shape index (κ1) is 21.1. The van der Waals surface area contributed by atoms with E-state index < -0.39 is 23.5 Å². The summed E-state index contributed by atoms with van der Waals surface area (Å²) in [6, 6.07) is 0. The Balaban J connectivity index is 2.42. The van der Waals surface area contributed by atoms with E-state index in [1.165, 1.54) is 0 Å². The summed E-state index contributed by atoms with van der Waals surface area (Å²) < 4.78 is 9.93. The van der Waals surface area contributed by atoms with Gasteiger partial charge < -0.3 is 19.4 Å². The van der Waals surface area contributed by atoms with Crippen molar-refractivity contribution in [2.24, 2.45) is 0 Å². The zero-order chi connectivity index (χ0) is 21.2. The molecule has 28 heavy (non-hydrogen) atoms. The van der Waals surface area contributed by atoms with E-state index >= 15 is 0 Å². The monoisotopic (exact) mass is 388 g/mol. The lowest BCUT2D eigenvalue weighted by molar-refractivity contribution is 0.0509. The fraction of sp³-hybridized carbons (Fsp3) is 0.400. The number of H-pyrrole nitrogens is 2. The third-order valence-electron chi connectivity index (χ3n) is 4.74. The van der Waals surface area contributed by atoms with E-state index in [0.717, 1.165) is 0 Å². The van der Waals surface area contributed by atoms with Crippen molar-refractivity contribution < 1.29 is 28.7 Å². The van der Waals surface area contributed by atoms with Crippen molar-refractivity contribution in [3.8, 4) is 0 Å². The number of rotatable bonds is 7. The van der Waals surface area contributed by atoms with Gasteiger partial charge in [0.25, 0.3) is 11.6 Å². The molecule has 0 aliphatic heterocycles. The van der Waals surface area contributed by atoms with Crippen LogP contribution in [-0.2, 0) is 9.47 Å². The summed E-state index contributed by atoms with van der Waals surface area (Å²) >= 11 is 0. The van der Waals surface area contributed by atoms with Crippen LogP contribution >= 0.6 is 0 Å². The molecule has 2 heterocycles. The highest BCUT2D eigenvalue weighted by molar-refractivity contribution is 6.49. The van der Waals surface area contributed by atoms with E-state index in [1.54, 1.807) is 41.5 Å². The van der Waals surface area contributed by atoms with Gasteiger partial charge in [0.15, 0.2) is 0 Å². The summed E-state index contributed by atoms with van der Waals surface area (Å²) in [6.45, 7) is 10.4. The normalized spacial score (nSPS) is 10.6. The summed E-state index contributed by atoms with van der Waals surface area (Å²) in [4.78, 5) is 55.1. The highest BCUT2D eigenvalue weighted by atomic mass is 16.5. The molecule has 0 saturated carbocycles. The summed E-state index contributed by atoms with van der Waals surface area (Å²) in [6.07, 6.45) is 0. The lowest BCUT2D eigenvalue weighted by atomic mass is 10.0. The van der Waals surface area contributed by atoms with Gasteiger partial charge in [-0.05, 0) is 63.8 Å². The SMILES string of the molecule is CCOC(=O)c1[nH]c(C(=O)C(=O)c2[nH]c(C(=O)OCC)c(C)c2C)c(C)c1C. The summed E-state index contributed by atoms with van der Waals surface area (Å²) in [5, 5.41) is 0. The fourth-order valence-electron chi connectivity index (χ4n) is 2.87. The molecule has 0 aromatic carbocycles. The standard InChI is InChI=1S/C20H24N2O6/c1-7-27-19(25)15-11(5)9(3)13(21-15)17(23)18(24)14-10(4)12(6)16(22-14)20(26)28-8-2/h21-22H,7-8H2,1-6H3. The lowest BCUT2D eigenvalue weighted by Gasteiger charge is -2.01. The van der Waals surface area contributed by atoms with Crippen LogP contribution in [-0.4, -0.2) is 46.7 Å². The van der Waals surface area contributed by atoms with Gasteiger partial charge in [-0.25, -0.2) is 9.59 Å². The van der Waals surface area contributed by atoms with Crippen molar-refractivity contribution in [3.63, 3.8) is 0 Å². The zero-order valence-corrected chi connectivity index (χ0v) is 16.9. The lowest BCUT2D eigenvalue weighted by Crippen LogP contribution is -2.18. The molecule has 0 spiro atoms. The van der Waals surface area contributed by atoms with E-state index in [9.17, 15) is 19.2 Å². The van der Waals surface area contributed by atoms with Crippen LogP contribution in [0.2, 0.25) is 0 Å². The highest BCUT2D eigenvalue weighted by Crippen LogP contribution is 2.23. The second kappa shape index (κ2) is 8.24. The van der Waals surface area contributed by atoms with Crippen LogP contribution in [0, 0.1) is 27.7 Å². The van der Waals surface area contributed by atoms with E-state index in [0.29, 0.717) is 22.3 Å². The first-order valence-corrected chi connectivity index (χ1v) is 8.97. The molecule has 0 aliphatic rings. The number of aromatic amines is 2. The summed E-state index contributed by atoms with van der Waals surface area (Å²) in [5.74, 6) is -2.80. The Morgan fingerprint density at radius 1 is 0.607 bits per heavy atom. The Hall–Kier alpha value is -3.16. The van der Waals surface area contributed by atoms with E-state index in [2.05, 4.69) is 9.97 Å². The van der Waals surface area contributed by atoms with Crippen molar-refractivity contribution in [1.29, 1.82) is 0 Å². The van der Waals surface area contributed by atoms with Crippen LogP contribution in [0.1, 0.15) is 78.1 Å². The zero-order valence-electron chi connectivity index (χ0n) is 16.9. The molecule has 0 fully saturated rings. The molecule has 2 aromatic rings. The van der Waals surface area contributed by atoms with Gasteiger partial charge >= 0.3 is 11.9 Å². The highest BCUT2D eigenvalue weighted by Gasteiger charge is 2.30. The summed E-state index contributed by atoms with van der Waals surface area (Å²) in [5.41, 5.74) is 2.40. The number of ketones is 2. The van der Waals surface area contributed by atoms with Crippen LogP contribution in [0.25, 0.3) is 0 Å². The number of nitrogens with one attached hydrogen (secondary N) is 2. The van der Waals surface area contributed by atoms with Crippen LogP contribution < -0.4 is 0 Å². The fourth-order valence-corrected chi connectivity index (χ4v) is 2.87. The minimum Gasteiger partial charge on any atom is -0.461 e. The van der Waals surface area contributed by atoms with Gasteiger partial charge in [0.05, 0.1) is 24.6 Å². The Morgan fingerprint density at radius 3 is 1.18 bits per heavy atom. The van der Waals surface area contributed by atoms with Crippen molar-refractivity contribution in [2.75, 3.05) is 13.2 Å². The number of Topliss-reactive ketones (excluding diaryl/α,β-unsaturated/α-hetero) is 2. The molecule has 2 rings (SSSR count). The van der Waals surface area contributed by atoms with Gasteiger partial charge in [-0.1, -0.05) is 0 Å². The Kier molecular flexibility index (Phi) is 6.23. The second-order valence-electron chi connectivity index (χ2n) is 6.35. The largest absolute Gasteiger partial charge is 0.461 e. The van der Waals surface area contributed by atoms with Gasteiger partial charge in [0, 0.05) is 0 Å². The quantitative estimate of drug-likeness (QED) is 0.428. The molecule has 0 bridgehead atoms. The Morgan fingerprint density at radius 2 is 0.893 bits per heavy atom. The molecule has 150 valence electrons. The van der Waals surface area contributed by atoms with Crippen LogP contribution in [0.3, 0.4) is 0 Å². The molecular weight excluding hydrogens is 364 g/mol. The van der Waals surface area contributed by atoms with Crippen molar-refractivity contribution in [1.82, 2.24) is 9.97 Å². The topological polar surface area (TPSA) is 118 Å². The van der Waals surface area contributed by atoms with Crippen molar-refractivity contribution >= 4 is 23.5 Å². The van der Waals surface area contributed by atoms with Crippen LogP contribution in [0.15, 0.2) is 0 Å². The van der Waals surface area contributed by atoms with Crippen LogP contribution in [0.5, 0.6) is 0 Å². The minimum atomic E-state index is -0.809. The molecule has 0 aliphatic carbocycles. The van der Waals surface area contributed by atoms with E-state index in [1.807, 2.05) is 0 Å². The number of hydrogen-bond acceptors (Lipinski definition) is 6. The average molecular weight is 388 g/mol. The molecule has 2 N–H and O–H groups in total. The maximum atomic E-state index is 12.8. The Labute approximate surface area is 162 Å². The number of carbonyl (C=O) groups is 4. The summed E-state index contributed by atoms with van der Waals surface area (Å²) in [7, 11) is 0. The average Bonchev–Trinajstić information content (AvgIpc) is 3.12. The smallest absolute Gasteiger partial charge is 0.355 e. The van der Waals surface area contributed by atoms with E-state index in [-0.39, 0.29) is 36.0 Å². The molecule has 8 nitrogen and oxygen atoms in total. The van der Waals surface area contributed by atoms with Gasteiger partial charge in [-0.3, -0.25) is 9.59 Å². The van der Waals surface area contributed by atoms with Gasteiger partial charge in [0.1, 0.15) is 11.4 Å². The minimum absolute atomic E-state index is 0.0230. The number of ether oxygens (including phenoxy) is 2. The third-order valence-corrected chi connectivity index (χ3v) is 4.74. The molecule has 2 aromatic heterocycles. The maximum Gasteiger partial charge on any atom is 0.355 e. The molecule has 0 unspecified atom stereocenters. The van der Waals surface area contributed by atoms with Gasteiger partial charge in [-0.2, -0.15) is 0 Å². The van der Waals surface area contributed by atoms with Crippen molar-refractivity contribution in [2.45, 2.75) is 41.5 Å². The van der Waals surface area contributed by atoms with Crippen molar-refractivity contribution in [3.05, 3.63) is 45.0 Å². The predicted octanol–water partition coefficient (Wildman–Crippen LogP) is 3.00.